The second-order valence-corrected chi connectivity index (χ2v) is 9.09. The van der Waals surface area contributed by atoms with Crippen molar-refractivity contribution in [3.63, 3.8) is 0 Å². The largest absolute Gasteiger partial charge is 0.523 e. The highest BCUT2D eigenvalue weighted by Crippen LogP contribution is 2.34. The van der Waals surface area contributed by atoms with E-state index in [0.29, 0.717) is 33.4 Å². The highest BCUT2D eigenvalue weighted by atomic mass is 32.2. The molecule has 14 heteroatoms. The van der Waals surface area contributed by atoms with Gasteiger partial charge in [-0.3, -0.25) is 9.17 Å². The number of benzene rings is 1. The molecule has 0 unspecified atom stereocenters. The molecule has 0 atom stereocenters. The fourth-order valence-corrected chi connectivity index (χ4v) is 4.29. The highest BCUT2D eigenvalue weighted by Gasteiger charge is 2.50. The predicted octanol–water partition coefficient (Wildman–Crippen LogP) is 3.15. The molecule has 0 bridgehead atoms. The van der Waals surface area contributed by atoms with Crippen LogP contribution in [0.15, 0.2) is 43.0 Å². The topological polar surface area (TPSA) is 98.9 Å². The van der Waals surface area contributed by atoms with Gasteiger partial charge < -0.3 is 9.64 Å². The lowest BCUT2D eigenvalue weighted by Gasteiger charge is -2.39. The van der Waals surface area contributed by atoms with Gasteiger partial charge in [0.1, 0.15) is 6.10 Å². The van der Waals surface area contributed by atoms with Gasteiger partial charge in [0.05, 0.1) is 36.9 Å². The summed E-state index contributed by atoms with van der Waals surface area (Å²) >= 11 is 0. The molecule has 0 amide bonds. The van der Waals surface area contributed by atoms with E-state index < -0.39 is 27.5 Å². The average molecular weight is 497 g/mol. The Morgan fingerprint density at radius 3 is 2.59 bits per heavy atom. The minimum Gasteiger partial charge on any atom is -0.494 e. The SMILES string of the molecule is COc1cc2c(-c3cnn4cc(N5CC(OS(=O)(=O)C(F)(F)F)C5)cnc34)ccnc2cc1F. The molecule has 1 aliphatic rings. The van der Waals surface area contributed by atoms with E-state index in [4.69, 9.17) is 4.74 Å². The molecule has 0 spiro atoms. The smallest absolute Gasteiger partial charge is 0.494 e. The molecule has 4 aromatic rings. The number of nitrogens with zero attached hydrogens (tertiary/aromatic N) is 5. The highest BCUT2D eigenvalue weighted by molar-refractivity contribution is 7.87. The van der Waals surface area contributed by atoms with Gasteiger partial charge in [-0.05, 0) is 17.7 Å². The minimum absolute atomic E-state index is 0.0586. The molecule has 9 nitrogen and oxygen atoms in total. The lowest BCUT2D eigenvalue weighted by atomic mass is 10.0. The van der Waals surface area contributed by atoms with Crippen molar-refractivity contribution >= 4 is 32.4 Å². The summed E-state index contributed by atoms with van der Waals surface area (Å²) in [4.78, 5) is 10.2. The summed E-state index contributed by atoms with van der Waals surface area (Å²) in [6, 6.07) is 4.56. The number of ether oxygens (including phenoxy) is 1. The second kappa shape index (κ2) is 7.77. The molecule has 1 saturated heterocycles. The van der Waals surface area contributed by atoms with Crippen LogP contribution in [0.25, 0.3) is 27.7 Å². The van der Waals surface area contributed by atoms with Crippen LogP contribution in [0.3, 0.4) is 0 Å². The van der Waals surface area contributed by atoms with Gasteiger partial charge in [-0.2, -0.15) is 26.7 Å². The van der Waals surface area contributed by atoms with Crippen LogP contribution in [-0.2, 0) is 14.3 Å². The van der Waals surface area contributed by atoms with Crippen molar-refractivity contribution in [2.45, 2.75) is 11.6 Å². The van der Waals surface area contributed by atoms with Crippen molar-refractivity contribution in [2.75, 3.05) is 25.1 Å². The van der Waals surface area contributed by atoms with Crippen molar-refractivity contribution in [2.24, 2.45) is 0 Å². The van der Waals surface area contributed by atoms with Crippen molar-refractivity contribution in [3.05, 3.63) is 48.8 Å². The van der Waals surface area contributed by atoms with Crippen LogP contribution in [0.4, 0.5) is 23.2 Å². The molecular formula is C20H15F4N5O4S. The molecule has 5 rings (SSSR count). The second-order valence-electron chi connectivity index (χ2n) is 7.52. The maximum atomic E-state index is 14.1. The van der Waals surface area contributed by atoms with E-state index in [9.17, 15) is 26.0 Å². The molecule has 0 N–H and O–H groups in total. The normalized spacial score (nSPS) is 15.1. The van der Waals surface area contributed by atoms with Gasteiger partial charge in [-0.25, -0.2) is 13.9 Å². The summed E-state index contributed by atoms with van der Waals surface area (Å²) in [6.45, 7) is -0.117. The van der Waals surface area contributed by atoms with Crippen LogP contribution >= 0.6 is 0 Å². The van der Waals surface area contributed by atoms with E-state index in [0.717, 1.165) is 0 Å². The number of aromatic nitrogens is 4. The maximum absolute atomic E-state index is 14.1. The van der Waals surface area contributed by atoms with E-state index >= 15 is 0 Å². The van der Waals surface area contributed by atoms with Gasteiger partial charge in [0, 0.05) is 36.3 Å². The van der Waals surface area contributed by atoms with Crippen LogP contribution in [0.2, 0.25) is 0 Å². The number of halogens is 4. The Morgan fingerprint density at radius 2 is 1.88 bits per heavy atom. The summed E-state index contributed by atoms with van der Waals surface area (Å²) in [5.41, 5.74) is -2.69. The molecule has 0 saturated carbocycles. The quantitative estimate of drug-likeness (QED) is 0.236. The fourth-order valence-electron chi connectivity index (χ4n) is 3.70. The van der Waals surface area contributed by atoms with Gasteiger partial charge >= 0.3 is 15.6 Å². The maximum Gasteiger partial charge on any atom is 0.523 e. The first-order valence-electron chi connectivity index (χ1n) is 9.78. The number of pyridine rings is 1. The van der Waals surface area contributed by atoms with Crippen LogP contribution in [0.1, 0.15) is 0 Å². The average Bonchev–Trinajstić information content (AvgIpc) is 3.17. The van der Waals surface area contributed by atoms with E-state index in [-0.39, 0.29) is 18.8 Å². The van der Waals surface area contributed by atoms with Crippen molar-refractivity contribution in [3.8, 4) is 16.9 Å². The summed E-state index contributed by atoms with van der Waals surface area (Å²) in [5.74, 6) is -0.474. The Balaban J connectivity index is 1.42. The van der Waals surface area contributed by atoms with Crippen molar-refractivity contribution in [1.82, 2.24) is 19.6 Å². The van der Waals surface area contributed by atoms with Gasteiger partial charge in [-0.15, -0.1) is 0 Å². The first-order valence-corrected chi connectivity index (χ1v) is 11.2. The van der Waals surface area contributed by atoms with Crippen molar-refractivity contribution in [1.29, 1.82) is 0 Å². The molecule has 178 valence electrons. The summed E-state index contributed by atoms with van der Waals surface area (Å²) in [6.07, 6.45) is 5.11. The number of anilines is 1. The lowest BCUT2D eigenvalue weighted by Crippen LogP contribution is -2.54. The summed E-state index contributed by atoms with van der Waals surface area (Å²) in [7, 11) is -4.28. The minimum atomic E-state index is -5.65. The molecular weight excluding hydrogens is 482 g/mol. The lowest BCUT2D eigenvalue weighted by molar-refractivity contribution is -0.0582. The number of methoxy groups -OCH3 is 1. The van der Waals surface area contributed by atoms with Crippen LogP contribution in [-0.4, -0.2) is 59.8 Å². The molecule has 3 aromatic heterocycles. The number of rotatable bonds is 5. The number of alkyl halides is 3. The fraction of sp³-hybridized carbons (Fsp3) is 0.250. The standard InChI is InChI=1S/C20H15F4N5O4S/c1-32-18-4-14-13(2-3-25-17(14)5-16(18)21)15-7-27-29-8-11(6-26-19(15)29)28-9-12(10-28)33-34(30,31)20(22,23)24/h2-8,12H,9-10H2,1H3. The zero-order valence-electron chi connectivity index (χ0n) is 17.3. The van der Waals surface area contributed by atoms with Crippen LogP contribution < -0.4 is 9.64 Å². The Kier molecular flexibility index (Phi) is 5.09. The molecule has 1 fully saturated rings. The molecule has 4 heterocycles. The first-order chi connectivity index (χ1) is 16.1. The van der Waals surface area contributed by atoms with E-state index in [1.54, 1.807) is 29.4 Å². The Bertz CT molecular complexity index is 1520. The number of hydrogen-bond donors (Lipinski definition) is 0. The van der Waals surface area contributed by atoms with E-state index in [1.165, 1.54) is 30.1 Å². The number of hydrogen-bond acceptors (Lipinski definition) is 8. The Labute approximate surface area is 189 Å². The molecule has 0 aliphatic carbocycles. The third-order valence-corrected chi connectivity index (χ3v) is 6.50. The third-order valence-electron chi connectivity index (χ3n) is 5.41. The molecule has 1 aromatic carbocycles. The van der Waals surface area contributed by atoms with Gasteiger partial charge in [0.25, 0.3) is 0 Å². The van der Waals surface area contributed by atoms with Gasteiger partial charge in [0.2, 0.25) is 0 Å². The molecule has 1 aliphatic heterocycles. The third kappa shape index (κ3) is 3.68. The Morgan fingerprint density at radius 1 is 1.12 bits per heavy atom. The van der Waals surface area contributed by atoms with Crippen LogP contribution in [0.5, 0.6) is 5.75 Å². The van der Waals surface area contributed by atoms with E-state index in [2.05, 4.69) is 19.2 Å². The van der Waals surface area contributed by atoms with Crippen LogP contribution in [0, 0.1) is 5.82 Å². The molecule has 0 radical (unpaired) electrons. The van der Waals surface area contributed by atoms with Crippen molar-refractivity contribution < 1.29 is 34.9 Å². The zero-order valence-corrected chi connectivity index (χ0v) is 18.1. The van der Waals surface area contributed by atoms with E-state index in [1.807, 2.05) is 0 Å². The monoisotopic (exact) mass is 497 g/mol. The summed E-state index contributed by atoms with van der Waals surface area (Å²) < 4.78 is 84.6. The molecule has 34 heavy (non-hydrogen) atoms. The number of fused-ring (bicyclic) bond motifs is 2. The van der Waals surface area contributed by atoms with Gasteiger partial charge in [0.15, 0.2) is 17.2 Å². The first kappa shape index (κ1) is 22.3. The summed E-state index contributed by atoms with van der Waals surface area (Å²) in [5, 5.41) is 4.93. The van der Waals surface area contributed by atoms with Gasteiger partial charge in [-0.1, -0.05) is 0 Å². The predicted molar refractivity (Wildman–Crippen MR) is 112 cm³/mol. The Hall–Kier alpha value is -3.52. The zero-order chi connectivity index (χ0) is 24.3.